The molecule has 0 saturated heterocycles. The number of nitrogens with one attached hydrogen (secondary N) is 1. The van der Waals surface area contributed by atoms with Crippen LogP contribution in [0.2, 0.25) is 5.02 Å². The van der Waals surface area contributed by atoms with Gasteiger partial charge in [0.15, 0.2) is 0 Å². The second kappa shape index (κ2) is 8.32. The molecule has 1 N–H and O–H groups in total. The Kier molecular flexibility index (Phi) is 6.43. The Morgan fingerprint density at radius 1 is 1.14 bits per heavy atom. The number of para-hydroxylation sites is 1. The molecule has 0 bridgehead atoms. The van der Waals surface area contributed by atoms with Crippen molar-refractivity contribution in [1.82, 2.24) is 5.32 Å². The quantitative estimate of drug-likeness (QED) is 0.548. The van der Waals surface area contributed by atoms with Gasteiger partial charge >= 0.3 is 0 Å². The minimum absolute atomic E-state index is 0.686. The maximum absolute atomic E-state index is 6.11. The maximum Gasteiger partial charge on any atom is 0.140 e. The van der Waals surface area contributed by atoms with Crippen LogP contribution in [0, 0.1) is 0 Å². The van der Waals surface area contributed by atoms with E-state index in [-0.39, 0.29) is 0 Å². The van der Waals surface area contributed by atoms with Crippen LogP contribution in [-0.2, 0) is 6.54 Å². The zero-order valence-electron chi connectivity index (χ0n) is 12.4. The van der Waals surface area contributed by atoms with Gasteiger partial charge < -0.3 is 10.1 Å². The predicted octanol–water partition coefficient (Wildman–Crippen LogP) is 5.35. The highest BCUT2D eigenvalue weighted by Crippen LogP contribution is 2.34. The number of hydrogen-bond donors (Lipinski definition) is 1. The highest BCUT2D eigenvalue weighted by atomic mass is 35.5. The van der Waals surface area contributed by atoms with Crippen LogP contribution in [0.3, 0.4) is 0 Å². The Balaban J connectivity index is 2.23. The molecule has 0 heterocycles. The van der Waals surface area contributed by atoms with E-state index in [1.54, 1.807) is 11.8 Å². The molecule has 0 aliphatic rings. The van der Waals surface area contributed by atoms with Crippen LogP contribution in [0.5, 0.6) is 11.5 Å². The first kappa shape index (κ1) is 16.2. The van der Waals surface area contributed by atoms with Crippen LogP contribution in [0.15, 0.2) is 47.4 Å². The van der Waals surface area contributed by atoms with Crippen molar-refractivity contribution in [2.75, 3.05) is 12.8 Å². The highest BCUT2D eigenvalue weighted by molar-refractivity contribution is 7.98. The molecule has 0 spiro atoms. The van der Waals surface area contributed by atoms with E-state index in [4.69, 9.17) is 16.3 Å². The Labute approximate surface area is 135 Å². The number of benzene rings is 2. The minimum Gasteiger partial charge on any atom is -0.456 e. The van der Waals surface area contributed by atoms with E-state index in [0.29, 0.717) is 5.02 Å². The van der Waals surface area contributed by atoms with Gasteiger partial charge in [-0.2, -0.15) is 0 Å². The van der Waals surface area contributed by atoms with Crippen molar-refractivity contribution >= 4 is 23.4 Å². The van der Waals surface area contributed by atoms with Crippen LogP contribution in [0.25, 0.3) is 0 Å². The number of hydrogen-bond acceptors (Lipinski definition) is 3. The van der Waals surface area contributed by atoms with Crippen LogP contribution in [0.1, 0.15) is 18.9 Å². The first-order chi connectivity index (χ1) is 10.2. The summed E-state index contributed by atoms with van der Waals surface area (Å²) in [5.41, 5.74) is 1.11. The molecule has 0 atom stereocenters. The Hall–Kier alpha value is -1.16. The van der Waals surface area contributed by atoms with Crippen molar-refractivity contribution in [2.45, 2.75) is 24.8 Å². The molecule has 2 aromatic rings. The van der Waals surface area contributed by atoms with E-state index < -0.39 is 0 Å². The second-order valence-corrected chi connectivity index (χ2v) is 5.97. The summed E-state index contributed by atoms with van der Waals surface area (Å²) in [7, 11) is 0. The highest BCUT2D eigenvalue weighted by Gasteiger charge is 2.08. The standard InChI is InChI=1S/C17H20ClNOS/c1-3-10-19-12-13-8-9-14(18)11-16(13)20-15-6-4-5-7-17(15)21-2/h4-9,11,19H,3,10,12H2,1-2H3. The van der Waals surface area contributed by atoms with Gasteiger partial charge in [-0.3, -0.25) is 0 Å². The Bertz CT molecular complexity index is 589. The van der Waals surface area contributed by atoms with E-state index in [1.165, 1.54) is 0 Å². The van der Waals surface area contributed by atoms with Crippen molar-refractivity contribution in [3.05, 3.63) is 53.1 Å². The molecule has 112 valence electrons. The van der Waals surface area contributed by atoms with Gasteiger partial charge in [0.2, 0.25) is 0 Å². The van der Waals surface area contributed by atoms with Crippen molar-refractivity contribution in [1.29, 1.82) is 0 Å². The molecule has 21 heavy (non-hydrogen) atoms. The third kappa shape index (κ3) is 4.67. The van der Waals surface area contributed by atoms with Crippen LogP contribution in [-0.4, -0.2) is 12.8 Å². The molecule has 0 aromatic heterocycles. The van der Waals surface area contributed by atoms with Gasteiger partial charge in [-0.05, 0) is 43.5 Å². The zero-order chi connectivity index (χ0) is 15.1. The number of thioether (sulfide) groups is 1. The Morgan fingerprint density at radius 2 is 1.95 bits per heavy atom. The molecule has 2 aromatic carbocycles. The molecule has 2 nitrogen and oxygen atoms in total. The minimum atomic E-state index is 0.686. The van der Waals surface area contributed by atoms with Crippen molar-refractivity contribution in [3.8, 4) is 11.5 Å². The smallest absolute Gasteiger partial charge is 0.140 e. The Morgan fingerprint density at radius 3 is 2.71 bits per heavy atom. The SMILES string of the molecule is CCCNCc1ccc(Cl)cc1Oc1ccccc1SC. The lowest BCUT2D eigenvalue weighted by molar-refractivity contribution is 0.462. The van der Waals surface area contributed by atoms with E-state index in [0.717, 1.165) is 41.5 Å². The molecule has 0 saturated carbocycles. The zero-order valence-corrected chi connectivity index (χ0v) is 13.9. The summed E-state index contributed by atoms with van der Waals surface area (Å²) in [5.74, 6) is 1.68. The van der Waals surface area contributed by atoms with Gasteiger partial charge in [0.25, 0.3) is 0 Å². The van der Waals surface area contributed by atoms with Crippen LogP contribution in [0.4, 0.5) is 0 Å². The fourth-order valence-corrected chi connectivity index (χ4v) is 2.68. The van der Waals surface area contributed by atoms with Crippen molar-refractivity contribution in [2.24, 2.45) is 0 Å². The first-order valence-corrected chi connectivity index (χ1v) is 8.65. The third-order valence-corrected chi connectivity index (χ3v) is 4.07. The van der Waals surface area contributed by atoms with Crippen molar-refractivity contribution in [3.63, 3.8) is 0 Å². The monoisotopic (exact) mass is 321 g/mol. The average Bonchev–Trinajstić information content (AvgIpc) is 2.50. The maximum atomic E-state index is 6.11. The topological polar surface area (TPSA) is 21.3 Å². The lowest BCUT2D eigenvalue weighted by Gasteiger charge is -2.14. The van der Waals surface area contributed by atoms with Gasteiger partial charge in [0, 0.05) is 22.0 Å². The van der Waals surface area contributed by atoms with Crippen LogP contribution < -0.4 is 10.1 Å². The van der Waals surface area contributed by atoms with Gasteiger partial charge in [0.1, 0.15) is 11.5 Å². The van der Waals surface area contributed by atoms with Gasteiger partial charge in [-0.1, -0.05) is 36.7 Å². The summed E-state index contributed by atoms with van der Waals surface area (Å²) < 4.78 is 6.10. The van der Waals surface area contributed by atoms with E-state index in [1.807, 2.05) is 42.7 Å². The molecule has 4 heteroatoms. The largest absolute Gasteiger partial charge is 0.456 e. The third-order valence-electron chi connectivity index (χ3n) is 3.06. The van der Waals surface area contributed by atoms with Gasteiger partial charge in [-0.25, -0.2) is 0 Å². The molecule has 0 fully saturated rings. The summed E-state index contributed by atoms with van der Waals surface area (Å²) in [4.78, 5) is 1.12. The summed E-state index contributed by atoms with van der Waals surface area (Å²) in [6, 6.07) is 13.8. The molecule has 0 amide bonds. The molecule has 0 aliphatic heterocycles. The second-order valence-electron chi connectivity index (χ2n) is 4.68. The van der Waals surface area contributed by atoms with Crippen molar-refractivity contribution < 1.29 is 4.74 Å². The van der Waals surface area contributed by atoms with Gasteiger partial charge in [-0.15, -0.1) is 11.8 Å². The molecule has 0 radical (unpaired) electrons. The molecule has 0 unspecified atom stereocenters. The van der Waals surface area contributed by atoms with E-state index in [9.17, 15) is 0 Å². The fraction of sp³-hybridized carbons (Fsp3) is 0.294. The summed E-state index contributed by atoms with van der Waals surface area (Å²) in [5, 5.41) is 4.08. The summed E-state index contributed by atoms with van der Waals surface area (Å²) >= 11 is 7.79. The molecular weight excluding hydrogens is 302 g/mol. The number of halogens is 1. The first-order valence-electron chi connectivity index (χ1n) is 7.04. The lowest BCUT2D eigenvalue weighted by atomic mass is 10.2. The normalized spacial score (nSPS) is 10.6. The average molecular weight is 322 g/mol. The summed E-state index contributed by atoms with van der Waals surface area (Å²) in [6.45, 7) is 3.92. The number of ether oxygens (including phenoxy) is 1. The van der Waals surface area contributed by atoms with Crippen LogP contribution >= 0.6 is 23.4 Å². The molecular formula is C17H20ClNOS. The predicted molar refractivity (Wildman–Crippen MR) is 91.7 cm³/mol. The molecule has 2 rings (SSSR count). The number of rotatable bonds is 7. The van der Waals surface area contributed by atoms with E-state index in [2.05, 4.69) is 18.3 Å². The molecule has 0 aliphatic carbocycles. The van der Waals surface area contributed by atoms with E-state index >= 15 is 0 Å². The van der Waals surface area contributed by atoms with Gasteiger partial charge in [0.05, 0.1) is 0 Å². The fourth-order valence-electron chi connectivity index (χ4n) is 1.99. The summed E-state index contributed by atoms with van der Waals surface area (Å²) in [6.07, 6.45) is 3.16. The lowest BCUT2D eigenvalue weighted by Crippen LogP contribution is -2.14.